The molecule has 0 saturated carbocycles. The summed E-state index contributed by atoms with van der Waals surface area (Å²) in [6.45, 7) is 2.16. The first kappa shape index (κ1) is 24.1. The van der Waals surface area contributed by atoms with Crippen LogP contribution in [0.4, 0.5) is 4.79 Å². The Morgan fingerprint density at radius 3 is 2.23 bits per heavy atom. The van der Waals surface area contributed by atoms with E-state index >= 15 is 0 Å². The van der Waals surface area contributed by atoms with E-state index in [1.165, 1.54) is 17.0 Å². The fourth-order valence-electron chi connectivity index (χ4n) is 4.48. The summed E-state index contributed by atoms with van der Waals surface area (Å²) < 4.78 is 10.8. The highest BCUT2D eigenvalue weighted by Gasteiger charge is 2.30. The first-order chi connectivity index (χ1) is 16.9. The lowest BCUT2D eigenvalue weighted by Crippen LogP contribution is -2.47. The number of benzene rings is 2. The third-order valence-electron chi connectivity index (χ3n) is 6.15. The Labute approximate surface area is 203 Å². The standard InChI is InChI=1S/C27H28N2O6/c1-3-8-23(25(30)29(2)15-17-13-14-24(35-17)26(31)32)28-27(33)34-16-22-20-11-6-4-9-18(20)19-10-5-7-12-21(19)22/h4-7,9-14,22-23H,3,8,15-16H2,1-2H3,(H,28,33)(H,31,32)/t23-/m0/s1. The molecule has 3 aromatic rings. The lowest BCUT2D eigenvalue weighted by Gasteiger charge is -2.24. The van der Waals surface area contributed by atoms with E-state index in [9.17, 15) is 14.4 Å². The highest BCUT2D eigenvalue weighted by molar-refractivity contribution is 5.86. The summed E-state index contributed by atoms with van der Waals surface area (Å²) in [6.07, 6.45) is 0.460. The summed E-state index contributed by atoms with van der Waals surface area (Å²) in [5, 5.41) is 11.7. The molecule has 1 aliphatic carbocycles. The summed E-state index contributed by atoms with van der Waals surface area (Å²) in [7, 11) is 1.58. The van der Waals surface area contributed by atoms with Crippen LogP contribution in [-0.2, 0) is 16.1 Å². The molecule has 1 aromatic heterocycles. The highest BCUT2D eigenvalue weighted by atomic mass is 16.5. The van der Waals surface area contributed by atoms with Crippen LogP contribution in [0.3, 0.4) is 0 Å². The number of amides is 2. The Morgan fingerprint density at radius 2 is 1.66 bits per heavy atom. The number of alkyl carbamates (subject to hydrolysis) is 1. The smallest absolute Gasteiger partial charge is 0.407 e. The summed E-state index contributed by atoms with van der Waals surface area (Å²) >= 11 is 0. The van der Waals surface area contributed by atoms with E-state index in [1.54, 1.807) is 7.05 Å². The van der Waals surface area contributed by atoms with Gasteiger partial charge in [-0.15, -0.1) is 0 Å². The number of hydrogen-bond acceptors (Lipinski definition) is 5. The molecule has 8 nitrogen and oxygen atoms in total. The molecule has 2 N–H and O–H groups in total. The molecule has 35 heavy (non-hydrogen) atoms. The fraction of sp³-hybridized carbons (Fsp3) is 0.296. The predicted octanol–water partition coefficient (Wildman–Crippen LogP) is 4.64. The van der Waals surface area contributed by atoms with Crippen molar-refractivity contribution >= 4 is 18.0 Å². The van der Waals surface area contributed by atoms with Crippen LogP contribution in [0.2, 0.25) is 0 Å². The van der Waals surface area contributed by atoms with Crippen molar-refractivity contribution in [3.05, 3.63) is 83.3 Å². The van der Waals surface area contributed by atoms with Gasteiger partial charge in [0.15, 0.2) is 0 Å². The molecule has 0 radical (unpaired) electrons. The number of carboxylic acids is 1. The topological polar surface area (TPSA) is 109 Å². The van der Waals surface area contributed by atoms with Crippen LogP contribution in [0.15, 0.2) is 65.1 Å². The van der Waals surface area contributed by atoms with Gasteiger partial charge in [-0.3, -0.25) is 4.79 Å². The molecule has 1 atom stereocenters. The third kappa shape index (κ3) is 5.21. The lowest BCUT2D eigenvalue weighted by molar-refractivity contribution is -0.133. The molecule has 1 aliphatic rings. The van der Waals surface area contributed by atoms with Crippen LogP contribution in [0.5, 0.6) is 0 Å². The van der Waals surface area contributed by atoms with Crippen LogP contribution in [-0.4, -0.2) is 47.7 Å². The number of nitrogens with zero attached hydrogens (tertiary/aromatic N) is 1. The quantitative estimate of drug-likeness (QED) is 0.466. The zero-order valence-corrected chi connectivity index (χ0v) is 19.7. The normalized spacial score (nSPS) is 13.0. The van der Waals surface area contributed by atoms with Gasteiger partial charge in [-0.2, -0.15) is 0 Å². The van der Waals surface area contributed by atoms with E-state index in [2.05, 4.69) is 17.4 Å². The van der Waals surface area contributed by atoms with Gasteiger partial charge in [-0.25, -0.2) is 9.59 Å². The fourth-order valence-corrected chi connectivity index (χ4v) is 4.48. The number of aromatic carboxylic acids is 1. The van der Waals surface area contributed by atoms with Gasteiger partial charge < -0.3 is 24.5 Å². The number of likely N-dealkylation sites (N-methyl/N-ethyl adjacent to an activating group) is 1. The molecule has 2 aromatic carbocycles. The van der Waals surface area contributed by atoms with Gasteiger partial charge in [0.1, 0.15) is 18.4 Å². The number of hydrogen-bond donors (Lipinski definition) is 2. The van der Waals surface area contributed by atoms with Gasteiger partial charge >= 0.3 is 12.1 Å². The maximum atomic E-state index is 13.0. The number of ether oxygens (including phenoxy) is 1. The third-order valence-corrected chi connectivity index (χ3v) is 6.15. The second-order valence-corrected chi connectivity index (χ2v) is 8.58. The molecule has 4 rings (SSSR count). The van der Waals surface area contributed by atoms with E-state index in [0.29, 0.717) is 18.6 Å². The maximum Gasteiger partial charge on any atom is 0.407 e. The van der Waals surface area contributed by atoms with Gasteiger partial charge in [-0.1, -0.05) is 61.9 Å². The van der Waals surface area contributed by atoms with Crippen molar-refractivity contribution in [2.45, 2.75) is 38.3 Å². The summed E-state index contributed by atoms with van der Waals surface area (Å²) in [5.41, 5.74) is 4.51. The minimum Gasteiger partial charge on any atom is -0.475 e. The zero-order valence-electron chi connectivity index (χ0n) is 19.7. The van der Waals surface area contributed by atoms with Crippen LogP contribution < -0.4 is 5.32 Å². The second-order valence-electron chi connectivity index (χ2n) is 8.58. The Kier molecular flexibility index (Phi) is 7.19. The first-order valence-corrected chi connectivity index (χ1v) is 11.6. The molecule has 1 heterocycles. The Morgan fingerprint density at radius 1 is 1.03 bits per heavy atom. The predicted molar refractivity (Wildman–Crippen MR) is 129 cm³/mol. The number of carbonyl (C=O) groups is 3. The molecule has 0 aliphatic heterocycles. The molecule has 0 fully saturated rings. The van der Waals surface area contributed by atoms with Gasteiger partial charge in [0.05, 0.1) is 6.54 Å². The molecule has 2 amide bonds. The number of carboxylic acid groups (broad SMARTS) is 1. The molecule has 182 valence electrons. The Hall–Kier alpha value is -4.07. The van der Waals surface area contributed by atoms with Crippen molar-refractivity contribution < 1.29 is 28.6 Å². The van der Waals surface area contributed by atoms with Crippen LogP contribution in [0, 0.1) is 0 Å². The zero-order chi connectivity index (χ0) is 24.9. The Balaban J connectivity index is 1.38. The summed E-state index contributed by atoms with van der Waals surface area (Å²) in [6, 6.07) is 18.3. The maximum absolute atomic E-state index is 13.0. The molecule has 0 spiro atoms. The minimum absolute atomic E-state index is 0.0708. The largest absolute Gasteiger partial charge is 0.475 e. The second kappa shape index (κ2) is 10.5. The highest BCUT2D eigenvalue weighted by Crippen LogP contribution is 2.44. The number of furan rings is 1. The van der Waals surface area contributed by atoms with E-state index in [-0.39, 0.29) is 30.7 Å². The summed E-state index contributed by atoms with van der Waals surface area (Å²) in [5.74, 6) is -1.41. The number of nitrogens with one attached hydrogen (secondary N) is 1. The number of carbonyl (C=O) groups excluding carboxylic acids is 2. The summed E-state index contributed by atoms with van der Waals surface area (Å²) in [4.78, 5) is 38.1. The molecular weight excluding hydrogens is 448 g/mol. The Bertz CT molecular complexity index is 1190. The van der Waals surface area contributed by atoms with Gasteiger partial charge in [0, 0.05) is 13.0 Å². The SMILES string of the molecule is CCC[C@H](NC(=O)OCC1c2ccccc2-c2ccccc21)C(=O)N(C)Cc1ccc(C(=O)O)o1. The van der Waals surface area contributed by atoms with Gasteiger partial charge in [0.25, 0.3) is 0 Å². The van der Waals surface area contributed by atoms with E-state index in [1.807, 2.05) is 43.3 Å². The number of rotatable bonds is 9. The first-order valence-electron chi connectivity index (χ1n) is 11.6. The van der Waals surface area contributed by atoms with E-state index < -0.39 is 18.1 Å². The van der Waals surface area contributed by atoms with Crippen molar-refractivity contribution in [2.24, 2.45) is 0 Å². The lowest BCUT2D eigenvalue weighted by atomic mass is 9.98. The molecule has 8 heteroatoms. The number of fused-ring (bicyclic) bond motifs is 3. The average molecular weight is 477 g/mol. The molecule has 0 saturated heterocycles. The van der Waals surface area contributed by atoms with Crippen LogP contribution in [0.25, 0.3) is 11.1 Å². The van der Waals surface area contributed by atoms with E-state index in [0.717, 1.165) is 22.3 Å². The minimum atomic E-state index is -1.17. The van der Waals surface area contributed by atoms with Crippen molar-refractivity contribution in [2.75, 3.05) is 13.7 Å². The van der Waals surface area contributed by atoms with Crippen LogP contribution in [0.1, 0.15) is 53.1 Å². The molecule has 0 bridgehead atoms. The van der Waals surface area contributed by atoms with Crippen molar-refractivity contribution in [1.29, 1.82) is 0 Å². The van der Waals surface area contributed by atoms with E-state index in [4.69, 9.17) is 14.3 Å². The molecular formula is C27H28N2O6. The monoisotopic (exact) mass is 476 g/mol. The van der Waals surface area contributed by atoms with Crippen molar-refractivity contribution in [1.82, 2.24) is 10.2 Å². The van der Waals surface area contributed by atoms with Gasteiger partial charge in [-0.05, 0) is 40.8 Å². The van der Waals surface area contributed by atoms with Crippen molar-refractivity contribution in [3.63, 3.8) is 0 Å². The molecule has 0 unspecified atom stereocenters. The van der Waals surface area contributed by atoms with Gasteiger partial charge in [0.2, 0.25) is 11.7 Å². The van der Waals surface area contributed by atoms with Crippen LogP contribution >= 0.6 is 0 Å². The van der Waals surface area contributed by atoms with Crippen molar-refractivity contribution in [3.8, 4) is 11.1 Å². The average Bonchev–Trinajstić information content (AvgIpc) is 3.45.